The molecule has 5 nitrogen and oxygen atoms in total. The zero-order valence-corrected chi connectivity index (χ0v) is 9.54. The Labute approximate surface area is 95.4 Å². The first-order chi connectivity index (χ1) is 7.75. The summed E-state index contributed by atoms with van der Waals surface area (Å²) < 4.78 is 7.11. The summed E-state index contributed by atoms with van der Waals surface area (Å²) in [7, 11) is 0. The molecule has 1 saturated heterocycles. The summed E-state index contributed by atoms with van der Waals surface area (Å²) in [5.74, 6) is 0. The quantitative estimate of drug-likeness (QED) is 0.741. The molecule has 0 bridgehead atoms. The van der Waals surface area contributed by atoms with Crippen molar-refractivity contribution in [2.24, 2.45) is 0 Å². The van der Waals surface area contributed by atoms with Crippen molar-refractivity contribution >= 4 is 0 Å². The van der Waals surface area contributed by atoms with E-state index in [0.29, 0.717) is 19.3 Å². The SMILES string of the molecule is CC(CCn1cccn1)NC1COCC1O. The number of hydrogen-bond donors (Lipinski definition) is 2. The minimum atomic E-state index is -0.368. The largest absolute Gasteiger partial charge is 0.389 e. The summed E-state index contributed by atoms with van der Waals surface area (Å²) in [4.78, 5) is 0. The fourth-order valence-corrected chi connectivity index (χ4v) is 1.91. The third kappa shape index (κ3) is 3.04. The first-order valence-corrected chi connectivity index (χ1v) is 5.75. The van der Waals surface area contributed by atoms with E-state index in [4.69, 9.17) is 4.74 Å². The molecule has 1 aliphatic heterocycles. The molecule has 3 unspecified atom stereocenters. The van der Waals surface area contributed by atoms with Gasteiger partial charge in [0, 0.05) is 25.0 Å². The maximum atomic E-state index is 9.58. The molecule has 0 aromatic carbocycles. The molecule has 2 rings (SSSR count). The molecule has 1 aromatic rings. The lowest BCUT2D eigenvalue weighted by atomic mass is 10.1. The number of aryl methyl sites for hydroxylation is 1. The van der Waals surface area contributed by atoms with Crippen LogP contribution in [0.2, 0.25) is 0 Å². The van der Waals surface area contributed by atoms with Crippen molar-refractivity contribution in [2.75, 3.05) is 13.2 Å². The Morgan fingerprint density at radius 1 is 1.62 bits per heavy atom. The molecule has 2 heterocycles. The highest BCUT2D eigenvalue weighted by molar-refractivity contribution is 4.83. The van der Waals surface area contributed by atoms with Crippen LogP contribution >= 0.6 is 0 Å². The molecule has 90 valence electrons. The van der Waals surface area contributed by atoms with Gasteiger partial charge in [0.1, 0.15) is 0 Å². The highest BCUT2D eigenvalue weighted by atomic mass is 16.5. The van der Waals surface area contributed by atoms with E-state index in [-0.39, 0.29) is 12.1 Å². The lowest BCUT2D eigenvalue weighted by Gasteiger charge is -2.20. The number of aliphatic hydroxyl groups excluding tert-OH is 1. The number of nitrogens with zero attached hydrogens (tertiary/aromatic N) is 2. The normalized spacial score (nSPS) is 27.1. The summed E-state index contributed by atoms with van der Waals surface area (Å²) in [5.41, 5.74) is 0. The average Bonchev–Trinajstić information content (AvgIpc) is 2.88. The highest BCUT2D eigenvalue weighted by Gasteiger charge is 2.26. The molecule has 0 saturated carbocycles. The van der Waals surface area contributed by atoms with Gasteiger partial charge in [-0.15, -0.1) is 0 Å². The van der Waals surface area contributed by atoms with Crippen LogP contribution in [0.1, 0.15) is 13.3 Å². The van der Waals surface area contributed by atoms with Gasteiger partial charge in [-0.05, 0) is 19.4 Å². The average molecular weight is 225 g/mol. The van der Waals surface area contributed by atoms with Crippen LogP contribution in [0.25, 0.3) is 0 Å². The van der Waals surface area contributed by atoms with Gasteiger partial charge in [0.05, 0.1) is 25.4 Å². The zero-order chi connectivity index (χ0) is 11.4. The van der Waals surface area contributed by atoms with E-state index in [1.165, 1.54) is 0 Å². The molecular formula is C11H19N3O2. The molecule has 0 spiro atoms. The predicted molar refractivity (Wildman–Crippen MR) is 60.1 cm³/mol. The summed E-state index contributed by atoms with van der Waals surface area (Å²) >= 11 is 0. The first kappa shape index (κ1) is 11.6. The van der Waals surface area contributed by atoms with E-state index in [1.807, 2.05) is 16.9 Å². The third-order valence-electron chi connectivity index (χ3n) is 2.90. The van der Waals surface area contributed by atoms with Gasteiger partial charge in [0.15, 0.2) is 0 Å². The second kappa shape index (κ2) is 5.43. The zero-order valence-electron chi connectivity index (χ0n) is 9.54. The van der Waals surface area contributed by atoms with E-state index in [1.54, 1.807) is 6.20 Å². The molecule has 0 radical (unpaired) electrons. The van der Waals surface area contributed by atoms with Crippen molar-refractivity contribution < 1.29 is 9.84 Å². The van der Waals surface area contributed by atoms with Crippen LogP contribution < -0.4 is 5.32 Å². The van der Waals surface area contributed by atoms with Gasteiger partial charge in [-0.1, -0.05) is 0 Å². The number of aliphatic hydroxyl groups is 1. The lowest BCUT2D eigenvalue weighted by molar-refractivity contribution is 0.121. The number of ether oxygens (including phenoxy) is 1. The van der Waals surface area contributed by atoms with Crippen molar-refractivity contribution in [1.82, 2.24) is 15.1 Å². The van der Waals surface area contributed by atoms with Crippen LogP contribution in [-0.2, 0) is 11.3 Å². The molecule has 5 heteroatoms. The number of aromatic nitrogens is 2. The van der Waals surface area contributed by atoms with Crippen LogP contribution in [0.5, 0.6) is 0 Å². The Hall–Kier alpha value is -0.910. The van der Waals surface area contributed by atoms with Crippen molar-refractivity contribution in [3.63, 3.8) is 0 Å². The Bertz CT molecular complexity index is 302. The van der Waals surface area contributed by atoms with E-state index in [9.17, 15) is 5.11 Å². The second-order valence-electron chi connectivity index (χ2n) is 4.34. The standard InChI is InChI=1S/C11H19N3O2/c1-9(3-6-14-5-2-4-12-14)13-10-7-16-8-11(10)15/h2,4-5,9-11,13,15H,3,6-8H2,1H3. The van der Waals surface area contributed by atoms with Crippen LogP contribution in [0.3, 0.4) is 0 Å². The van der Waals surface area contributed by atoms with E-state index >= 15 is 0 Å². The first-order valence-electron chi connectivity index (χ1n) is 5.75. The van der Waals surface area contributed by atoms with Gasteiger partial charge in [-0.25, -0.2) is 0 Å². The van der Waals surface area contributed by atoms with E-state index in [2.05, 4.69) is 17.3 Å². The number of hydrogen-bond acceptors (Lipinski definition) is 4. The fraction of sp³-hybridized carbons (Fsp3) is 0.727. The second-order valence-corrected chi connectivity index (χ2v) is 4.34. The summed E-state index contributed by atoms with van der Waals surface area (Å²) in [6.07, 6.45) is 4.37. The molecule has 3 atom stereocenters. The maximum Gasteiger partial charge on any atom is 0.0948 e. The summed E-state index contributed by atoms with van der Waals surface area (Å²) in [5, 5.41) is 17.1. The third-order valence-corrected chi connectivity index (χ3v) is 2.90. The van der Waals surface area contributed by atoms with Crippen LogP contribution in [0.15, 0.2) is 18.5 Å². The molecule has 1 aromatic heterocycles. The molecule has 2 N–H and O–H groups in total. The van der Waals surface area contributed by atoms with Gasteiger partial charge in [-0.3, -0.25) is 4.68 Å². The summed E-state index contributed by atoms with van der Waals surface area (Å²) in [6, 6.07) is 2.35. The van der Waals surface area contributed by atoms with Crippen molar-refractivity contribution in [3.8, 4) is 0 Å². The van der Waals surface area contributed by atoms with Gasteiger partial charge >= 0.3 is 0 Å². The fourth-order valence-electron chi connectivity index (χ4n) is 1.91. The Morgan fingerprint density at radius 2 is 2.50 bits per heavy atom. The van der Waals surface area contributed by atoms with E-state index in [0.717, 1.165) is 13.0 Å². The minimum Gasteiger partial charge on any atom is -0.389 e. The topological polar surface area (TPSA) is 59.3 Å². The van der Waals surface area contributed by atoms with Gasteiger partial charge in [0.25, 0.3) is 0 Å². The molecule has 0 aliphatic carbocycles. The van der Waals surface area contributed by atoms with Crippen molar-refractivity contribution in [1.29, 1.82) is 0 Å². The molecule has 1 fully saturated rings. The van der Waals surface area contributed by atoms with E-state index < -0.39 is 0 Å². The van der Waals surface area contributed by atoms with Crippen molar-refractivity contribution in [2.45, 2.75) is 38.1 Å². The van der Waals surface area contributed by atoms with Crippen molar-refractivity contribution in [3.05, 3.63) is 18.5 Å². The van der Waals surface area contributed by atoms with Gasteiger partial charge in [-0.2, -0.15) is 5.10 Å². The number of rotatable bonds is 5. The predicted octanol–water partition coefficient (Wildman–Crippen LogP) is 0.0110. The molecule has 16 heavy (non-hydrogen) atoms. The highest BCUT2D eigenvalue weighted by Crippen LogP contribution is 2.07. The maximum absolute atomic E-state index is 9.58. The van der Waals surface area contributed by atoms with Crippen LogP contribution in [0, 0.1) is 0 Å². The molecule has 0 amide bonds. The smallest absolute Gasteiger partial charge is 0.0948 e. The van der Waals surface area contributed by atoms with Crippen LogP contribution in [0.4, 0.5) is 0 Å². The van der Waals surface area contributed by atoms with Crippen LogP contribution in [-0.4, -0.2) is 46.3 Å². The van der Waals surface area contributed by atoms with Gasteiger partial charge in [0.2, 0.25) is 0 Å². The Morgan fingerprint density at radius 3 is 3.12 bits per heavy atom. The summed E-state index contributed by atoms with van der Waals surface area (Å²) in [6.45, 7) is 4.07. The molecular weight excluding hydrogens is 206 g/mol. The number of nitrogens with one attached hydrogen (secondary N) is 1. The lowest BCUT2D eigenvalue weighted by Crippen LogP contribution is -2.44. The Kier molecular flexibility index (Phi) is 3.93. The molecule has 1 aliphatic rings. The minimum absolute atomic E-state index is 0.0765. The Balaban J connectivity index is 1.70. The monoisotopic (exact) mass is 225 g/mol. The van der Waals surface area contributed by atoms with Gasteiger partial charge < -0.3 is 15.2 Å².